The summed E-state index contributed by atoms with van der Waals surface area (Å²) in [6.07, 6.45) is -5.26. The molecule has 1 unspecified atom stereocenters. The lowest BCUT2D eigenvalue weighted by Gasteiger charge is -2.41. The fourth-order valence-electron chi connectivity index (χ4n) is 4.00. The molecule has 1 saturated heterocycles. The number of benzene rings is 1. The Morgan fingerprint density at radius 1 is 1.29 bits per heavy atom. The van der Waals surface area contributed by atoms with Crippen molar-refractivity contribution in [2.75, 3.05) is 25.1 Å². The monoisotopic (exact) mass is 445 g/mol. The highest BCUT2D eigenvalue weighted by atomic mass is 19.4. The highest BCUT2D eigenvalue weighted by Gasteiger charge is 2.36. The van der Waals surface area contributed by atoms with Crippen LogP contribution in [0.5, 0.6) is 5.75 Å². The van der Waals surface area contributed by atoms with Crippen molar-refractivity contribution < 1.29 is 31.8 Å². The van der Waals surface area contributed by atoms with Gasteiger partial charge in [0.05, 0.1) is 36.9 Å². The third kappa shape index (κ3) is 5.24. The fraction of sp³-hybridized carbons (Fsp3) is 0.476. The molecule has 0 spiro atoms. The zero-order valence-corrected chi connectivity index (χ0v) is 16.9. The van der Waals surface area contributed by atoms with Crippen LogP contribution in [-0.2, 0) is 12.8 Å². The van der Waals surface area contributed by atoms with E-state index in [2.05, 4.69) is 4.98 Å². The first-order chi connectivity index (χ1) is 14.6. The number of hydrogen-bond acceptors (Lipinski definition) is 5. The number of aromatic nitrogens is 1. The first kappa shape index (κ1) is 23.2. The Labute approximate surface area is 176 Å². The second-order valence-corrected chi connectivity index (χ2v) is 7.75. The number of rotatable bonds is 6. The normalized spacial score (nSPS) is 19.7. The maximum Gasteiger partial charge on any atom is 0.417 e. The number of methoxy groups -OCH3 is 1. The summed E-state index contributed by atoms with van der Waals surface area (Å²) in [5.74, 6) is 0.0571. The topological polar surface area (TPSA) is 71.6 Å². The van der Waals surface area contributed by atoms with Crippen LogP contribution >= 0.6 is 0 Å². The molecule has 0 saturated carbocycles. The second kappa shape index (κ2) is 8.96. The molecule has 1 aromatic carbocycles. The number of pyridine rings is 1. The van der Waals surface area contributed by atoms with E-state index in [0.717, 1.165) is 6.07 Å². The summed E-state index contributed by atoms with van der Waals surface area (Å²) in [5.41, 5.74) is 4.85. The van der Waals surface area contributed by atoms with Crippen LogP contribution < -0.4 is 15.4 Å². The minimum atomic E-state index is -4.63. The summed E-state index contributed by atoms with van der Waals surface area (Å²) in [6, 6.07) is 4.93. The quantitative estimate of drug-likeness (QED) is 0.652. The Bertz CT molecular complexity index is 922. The van der Waals surface area contributed by atoms with Crippen molar-refractivity contribution >= 4 is 5.69 Å². The van der Waals surface area contributed by atoms with Gasteiger partial charge < -0.3 is 20.5 Å². The molecule has 1 aliphatic rings. The number of piperidine rings is 1. The van der Waals surface area contributed by atoms with E-state index >= 15 is 0 Å². The summed E-state index contributed by atoms with van der Waals surface area (Å²) in [7, 11) is 1.27. The second-order valence-electron chi connectivity index (χ2n) is 7.75. The Hall–Kier alpha value is -2.46. The molecule has 3 N–H and O–H groups in total. The first-order valence-electron chi connectivity index (χ1n) is 9.74. The number of halogens is 5. The number of aliphatic hydroxyl groups excluding tert-OH is 1. The van der Waals surface area contributed by atoms with E-state index in [-0.39, 0.29) is 23.6 Å². The number of ether oxygens (including phenoxy) is 1. The van der Waals surface area contributed by atoms with Crippen molar-refractivity contribution in [3.8, 4) is 17.0 Å². The maximum atomic E-state index is 13.6. The fourth-order valence-corrected chi connectivity index (χ4v) is 4.00. The summed E-state index contributed by atoms with van der Waals surface area (Å²) in [6.45, 7) is 0.208. The highest BCUT2D eigenvalue weighted by molar-refractivity contribution is 5.69. The molecule has 0 bridgehead atoms. The lowest BCUT2D eigenvalue weighted by atomic mass is 9.86. The van der Waals surface area contributed by atoms with Crippen LogP contribution in [0, 0.1) is 0 Å². The molecule has 10 heteroatoms. The van der Waals surface area contributed by atoms with E-state index in [1.54, 1.807) is 4.90 Å². The van der Waals surface area contributed by atoms with Gasteiger partial charge in [-0.05, 0) is 37.1 Å². The summed E-state index contributed by atoms with van der Waals surface area (Å²) in [5, 5.41) is 9.86. The van der Waals surface area contributed by atoms with E-state index in [1.807, 2.05) is 0 Å². The number of aliphatic hydroxyl groups is 1. The molecule has 2 heterocycles. The molecule has 0 amide bonds. The lowest BCUT2D eigenvalue weighted by Crippen LogP contribution is -2.55. The lowest BCUT2D eigenvalue weighted by molar-refractivity contribution is -0.137. The van der Waals surface area contributed by atoms with Crippen LogP contribution in [-0.4, -0.2) is 42.3 Å². The van der Waals surface area contributed by atoms with Crippen molar-refractivity contribution in [1.29, 1.82) is 0 Å². The van der Waals surface area contributed by atoms with Gasteiger partial charge in [-0.1, -0.05) is 0 Å². The standard InChI is InChI=1S/C21H24F5N3O2/c1-31-14-3-4-15(16(8-14)21(24,25)26)17-7-13(11-30)18(10-28-17)29-6-2-5-20(27,12-29)9-19(22)23/h3-4,7-8,10,19,30H,2,5-6,9,11-12,27H2,1H3. The van der Waals surface area contributed by atoms with Crippen LogP contribution in [0.25, 0.3) is 11.3 Å². The van der Waals surface area contributed by atoms with Gasteiger partial charge in [0.1, 0.15) is 5.75 Å². The smallest absolute Gasteiger partial charge is 0.417 e. The van der Waals surface area contributed by atoms with E-state index < -0.39 is 36.7 Å². The predicted octanol–water partition coefficient (Wildman–Crippen LogP) is 4.22. The molecular weight excluding hydrogens is 421 g/mol. The molecule has 1 fully saturated rings. The average Bonchev–Trinajstić information content (AvgIpc) is 2.71. The van der Waals surface area contributed by atoms with E-state index in [1.165, 1.54) is 31.5 Å². The third-order valence-corrected chi connectivity index (χ3v) is 5.45. The minimum absolute atomic E-state index is 0.0337. The Morgan fingerprint density at radius 3 is 2.65 bits per heavy atom. The number of anilines is 1. The Morgan fingerprint density at radius 2 is 2.03 bits per heavy atom. The van der Waals surface area contributed by atoms with Gasteiger partial charge >= 0.3 is 6.18 Å². The number of nitrogens with two attached hydrogens (primary N) is 1. The van der Waals surface area contributed by atoms with E-state index in [0.29, 0.717) is 30.6 Å². The molecule has 0 radical (unpaired) electrons. The maximum absolute atomic E-state index is 13.6. The van der Waals surface area contributed by atoms with Gasteiger partial charge in [-0.25, -0.2) is 8.78 Å². The number of alkyl halides is 5. The molecule has 1 aromatic heterocycles. The van der Waals surface area contributed by atoms with Gasteiger partial charge in [-0.2, -0.15) is 13.2 Å². The highest BCUT2D eigenvalue weighted by Crippen LogP contribution is 2.40. The van der Waals surface area contributed by atoms with Gasteiger partial charge in [-0.3, -0.25) is 4.98 Å². The van der Waals surface area contributed by atoms with E-state index in [9.17, 15) is 27.1 Å². The predicted molar refractivity (Wildman–Crippen MR) is 106 cm³/mol. The molecule has 5 nitrogen and oxygen atoms in total. The van der Waals surface area contributed by atoms with Gasteiger partial charge in [0.2, 0.25) is 6.43 Å². The molecule has 3 rings (SSSR count). The van der Waals surface area contributed by atoms with E-state index in [4.69, 9.17) is 10.5 Å². The largest absolute Gasteiger partial charge is 0.497 e. The van der Waals surface area contributed by atoms with Gasteiger partial charge in [0.25, 0.3) is 0 Å². The van der Waals surface area contributed by atoms with Crippen molar-refractivity contribution in [3.05, 3.63) is 41.6 Å². The Kier molecular flexibility index (Phi) is 6.70. The average molecular weight is 445 g/mol. The summed E-state index contributed by atoms with van der Waals surface area (Å²) in [4.78, 5) is 5.95. The molecule has 1 atom stereocenters. The van der Waals surface area contributed by atoms with Crippen molar-refractivity contribution in [2.45, 2.75) is 44.0 Å². The van der Waals surface area contributed by atoms with Gasteiger partial charge in [0, 0.05) is 36.2 Å². The summed E-state index contributed by atoms with van der Waals surface area (Å²) < 4.78 is 71.5. The number of nitrogens with zero attached hydrogens (tertiary/aromatic N) is 2. The molecule has 0 aliphatic carbocycles. The molecule has 31 heavy (non-hydrogen) atoms. The minimum Gasteiger partial charge on any atom is -0.497 e. The van der Waals surface area contributed by atoms with Crippen LogP contribution in [0.1, 0.15) is 30.4 Å². The Balaban J connectivity index is 1.98. The van der Waals surface area contributed by atoms with Crippen LogP contribution in [0.2, 0.25) is 0 Å². The number of hydrogen-bond donors (Lipinski definition) is 2. The molecule has 1 aliphatic heterocycles. The van der Waals surface area contributed by atoms with Crippen molar-refractivity contribution in [2.24, 2.45) is 5.73 Å². The zero-order valence-electron chi connectivity index (χ0n) is 16.9. The van der Waals surface area contributed by atoms with Crippen molar-refractivity contribution in [3.63, 3.8) is 0 Å². The van der Waals surface area contributed by atoms with Crippen molar-refractivity contribution in [1.82, 2.24) is 4.98 Å². The van der Waals surface area contributed by atoms with Crippen LogP contribution in [0.3, 0.4) is 0 Å². The summed E-state index contributed by atoms with van der Waals surface area (Å²) >= 11 is 0. The first-order valence-corrected chi connectivity index (χ1v) is 9.74. The van der Waals surface area contributed by atoms with Gasteiger partial charge in [0.15, 0.2) is 0 Å². The van der Waals surface area contributed by atoms with Gasteiger partial charge in [-0.15, -0.1) is 0 Å². The molecular formula is C21H24F5N3O2. The molecule has 2 aromatic rings. The van der Waals surface area contributed by atoms with Crippen LogP contribution in [0.4, 0.5) is 27.6 Å². The van der Waals surface area contributed by atoms with Crippen LogP contribution in [0.15, 0.2) is 30.5 Å². The third-order valence-electron chi connectivity index (χ3n) is 5.45. The zero-order chi connectivity index (χ0) is 22.8. The SMILES string of the molecule is COc1ccc(-c2cc(CO)c(N3CCCC(N)(CC(F)F)C3)cn2)c(C(F)(F)F)c1. The molecule has 170 valence electrons.